The van der Waals surface area contributed by atoms with Crippen LogP contribution >= 0.6 is 0 Å². The Morgan fingerprint density at radius 1 is 1.25 bits per heavy atom. The molecule has 0 bridgehead atoms. The lowest BCUT2D eigenvalue weighted by Crippen LogP contribution is -2.48. The number of nitrogens with one attached hydrogen (secondary N) is 1. The van der Waals surface area contributed by atoms with Crippen LogP contribution < -0.4 is 5.32 Å². The third kappa shape index (κ3) is 5.07. The molecule has 2 amide bonds. The second-order valence-electron chi connectivity index (χ2n) is 7.02. The van der Waals surface area contributed by atoms with Gasteiger partial charge in [0.05, 0.1) is 18.2 Å². The lowest BCUT2D eigenvalue weighted by atomic mass is 9.94. The Balaban J connectivity index is 2.42. The number of hydrogen-bond acceptors (Lipinski definition) is 4. The molecule has 6 nitrogen and oxygen atoms in total. The number of amides is 2. The Hall–Kier alpha value is -2.48. The fraction of sp³-hybridized carbons (Fsp3) is 0.500. The third-order valence-corrected chi connectivity index (χ3v) is 4.54. The van der Waals surface area contributed by atoms with Crippen molar-refractivity contribution in [2.75, 3.05) is 26.9 Å². The summed E-state index contributed by atoms with van der Waals surface area (Å²) in [6.45, 7) is 6.40. The van der Waals surface area contributed by atoms with Crippen LogP contribution in [0, 0.1) is 17.6 Å². The molecule has 0 aliphatic carbocycles. The van der Waals surface area contributed by atoms with Gasteiger partial charge in [-0.3, -0.25) is 4.90 Å². The molecule has 2 rings (SSSR count). The molecular formula is C20H26F2N2O4. The van der Waals surface area contributed by atoms with Gasteiger partial charge in [0, 0.05) is 19.4 Å². The smallest absolute Gasteiger partial charge is 0.338 e. The second-order valence-corrected chi connectivity index (χ2v) is 7.02. The largest absolute Gasteiger partial charge is 0.460 e. The number of carbonyl (C=O) groups is 2. The first-order valence-electron chi connectivity index (χ1n) is 9.16. The first-order valence-corrected chi connectivity index (χ1v) is 9.16. The average Bonchev–Trinajstić information content (AvgIpc) is 2.63. The number of rotatable bonds is 8. The zero-order valence-electron chi connectivity index (χ0n) is 16.6. The SMILES string of the molecule is COCCOC(=O)C1=C(C)N(CCC(C)C)C(=O)N[C@@H]1c1ccc(F)c(F)c1. The van der Waals surface area contributed by atoms with E-state index in [2.05, 4.69) is 5.32 Å². The van der Waals surface area contributed by atoms with Crippen LogP contribution in [0.4, 0.5) is 13.6 Å². The Kier molecular flexibility index (Phi) is 7.51. The summed E-state index contributed by atoms with van der Waals surface area (Å²) in [6, 6.07) is 1.93. The summed E-state index contributed by atoms with van der Waals surface area (Å²) in [5.41, 5.74) is 0.876. The first-order chi connectivity index (χ1) is 13.3. The van der Waals surface area contributed by atoms with Gasteiger partial charge in [-0.1, -0.05) is 19.9 Å². The van der Waals surface area contributed by atoms with E-state index in [9.17, 15) is 18.4 Å². The number of hydrogen-bond donors (Lipinski definition) is 1. The standard InChI is InChI=1S/C20H26F2N2O4/c1-12(2)7-8-24-13(3)17(19(25)28-10-9-27-4)18(23-20(24)26)14-5-6-15(21)16(22)11-14/h5-6,11-12,18H,7-10H2,1-4H3,(H,23,26)/t18-/m1/s1. The lowest BCUT2D eigenvalue weighted by molar-refractivity contribution is -0.140. The third-order valence-electron chi connectivity index (χ3n) is 4.54. The number of halogens is 2. The van der Waals surface area contributed by atoms with Crippen LogP contribution in [0.3, 0.4) is 0 Å². The number of nitrogens with zero attached hydrogens (tertiary/aromatic N) is 1. The number of allylic oxidation sites excluding steroid dienone is 1. The monoisotopic (exact) mass is 396 g/mol. The predicted molar refractivity (Wildman–Crippen MR) is 99.3 cm³/mol. The number of carbonyl (C=O) groups excluding carboxylic acids is 2. The topological polar surface area (TPSA) is 67.9 Å². The molecule has 1 atom stereocenters. The zero-order valence-corrected chi connectivity index (χ0v) is 16.6. The molecule has 0 saturated heterocycles. The van der Waals surface area contributed by atoms with Crippen molar-refractivity contribution in [2.24, 2.45) is 5.92 Å². The van der Waals surface area contributed by atoms with Crippen molar-refractivity contribution in [3.8, 4) is 0 Å². The summed E-state index contributed by atoms with van der Waals surface area (Å²) in [6.07, 6.45) is 0.743. The minimum Gasteiger partial charge on any atom is -0.460 e. The van der Waals surface area contributed by atoms with Gasteiger partial charge >= 0.3 is 12.0 Å². The maximum atomic E-state index is 13.7. The number of ether oxygens (including phenoxy) is 2. The van der Waals surface area contributed by atoms with Gasteiger partial charge in [-0.25, -0.2) is 18.4 Å². The van der Waals surface area contributed by atoms with Crippen LogP contribution in [0.2, 0.25) is 0 Å². The maximum absolute atomic E-state index is 13.7. The van der Waals surface area contributed by atoms with E-state index in [1.165, 1.54) is 18.1 Å². The highest BCUT2D eigenvalue weighted by molar-refractivity contribution is 5.95. The summed E-state index contributed by atoms with van der Waals surface area (Å²) in [5.74, 6) is -2.34. The number of methoxy groups -OCH3 is 1. The molecule has 1 aromatic carbocycles. The molecule has 1 aromatic rings. The molecule has 1 aliphatic heterocycles. The van der Waals surface area contributed by atoms with E-state index < -0.39 is 29.7 Å². The van der Waals surface area contributed by atoms with Crippen molar-refractivity contribution >= 4 is 12.0 Å². The predicted octanol–water partition coefficient (Wildman–Crippen LogP) is 3.54. The number of esters is 1. The van der Waals surface area contributed by atoms with E-state index in [4.69, 9.17) is 9.47 Å². The fourth-order valence-electron chi connectivity index (χ4n) is 2.94. The molecule has 0 saturated carbocycles. The maximum Gasteiger partial charge on any atom is 0.338 e. The molecule has 0 unspecified atom stereocenters. The summed E-state index contributed by atoms with van der Waals surface area (Å²) < 4.78 is 37.2. The molecule has 1 N–H and O–H groups in total. The van der Waals surface area contributed by atoms with Crippen LogP contribution in [-0.4, -0.2) is 43.8 Å². The molecule has 1 aliphatic rings. The molecule has 0 spiro atoms. The van der Waals surface area contributed by atoms with Crippen molar-refractivity contribution in [1.29, 1.82) is 0 Å². The van der Waals surface area contributed by atoms with Crippen molar-refractivity contribution in [1.82, 2.24) is 10.2 Å². The van der Waals surface area contributed by atoms with Crippen molar-refractivity contribution in [3.05, 3.63) is 46.7 Å². The zero-order chi connectivity index (χ0) is 20.8. The lowest BCUT2D eigenvalue weighted by Gasteiger charge is -2.35. The molecule has 28 heavy (non-hydrogen) atoms. The van der Waals surface area contributed by atoms with E-state index in [1.807, 2.05) is 13.8 Å². The van der Waals surface area contributed by atoms with Crippen LogP contribution in [0.25, 0.3) is 0 Å². The van der Waals surface area contributed by atoms with Gasteiger partial charge in [0.1, 0.15) is 6.61 Å². The van der Waals surface area contributed by atoms with E-state index in [1.54, 1.807) is 6.92 Å². The van der Waals surface area contributed by atoms with Crippen LogP contribution in [0.5, 0.6) is 0 Å². The molecule has 0 radical (unpaired) electrons. The molecule has 8 heteroatoms. The van der Waals surface area contributed by atoms with Crippen LogP contribution in [0.15, 0.2) is 29.5 Å². The molecular weight excluding hydrogens is 370 g/mol. The summed E-state index contributed by atoms with van der Waals surface area (Å²) in [5, 5.41) is 2.71. The molecule has 0 fully saturated rings. The van der Waals surface area contributed by atoms with Gasteiger partial charge in [-0.15, -0.1) is 0 Å². The molecule has 1 heterocycles. The van der Waals surface area contributed by atoms with Gasteiger partial charge < -0.3 is 14.8 Å². The van der Waals surface area contributed by atoms with E-state index in [0.717, 1.165) is 18.6 Å². The van der Waals surface area contributed by atoms with Gasteiger partial charge in [0.15, 0.2) is 11.6 Å². The normalized spacial score (nSPS) is 17.2. The van der Waals surface area contributed by atoms with Crippen molar-refractivity contribution in [2.45, 2.75) is 33.2 Å². The summed E-state index contributed by atoms with van der Waals surface area (Å²) >= 11 is 0. The van der Waals surface area contributed by atoms with Crippen LogP contribution in [0.1, 0.15) is 38.8 Å². The summed E-state index contributed by atoms with van der Waals surface area (Å²) in [4.78, 5) is 26.8. The Bertz CT molecular complexity index is 765. The Morgan fingerprint density at radius 2 is 1.96 bits per heavy atom. The van der Waals surface area contributed by atoms with Gasteiger partial charge in [0.2, 0.25) is 0 Å². The highest BCUT2D eigenvalue weighted by atomic mass is 19.2. The highest BCUT2D eigenvalue weighted by Crippen LogP contribution is 2.32. The molecule has 154 valence electrons. The van der Waals surface area contributed by atoms with Gasteiger partial charge in [-0.05, 0) is 37.0 Å². The van der Waals surface area contributed by atoms with Gasteiger partial charge in [0.25, 0.3) is 0 Å². The fourth-order valence-corrected chi connectivity index (χ4v) is 2.94. The van der Waals surface area contributed by atoms with E-state index >= 15 is 0 Å². The average molecular weight is 396 g/mol. The quantitative estimate of drug-likeness (QED) is 0.539. The van der Waals surface area contributed by atoms with E-state index in [0.29, 0.717) is 18.2 Å². The van der Waals surface area contributed by atoms with E-state index in [-0.39, 0.29) is 24.4 Å². The highest BCUT2D eigenvalue weighted by Gasteiger charge is 2.36. The van der Waals surface area contributed by atoms with Gasteiger partial charge in [-0.2, -0.15) is 0 Å². The Morgan fingerprint density at radius 3 is 2.57 bits per heavy atom. The van der Waals surface area contributed by atoms with Crippen LogP contribution in [-0.2, 0) is 14.3 Å². The van der Waals surface area contributed by atoms with Crippen molar-refractivity contribution < 1.29 is 27.8 Å². The minimum atomic E-state index is -1.06. The van der Waals surface area contributed by atoms with Crippen molar-refractivity contribution in [3.63, 3.8) is 0 Å². The first kappa shape index (κ1) is 21.8. The summed E-state index contributed by atoms with van der Waals surface area (Å²) in [7, 11) is 1.48. The number of benzene rings is 1. The molecule has 0 aromatic heterocycles. The number of urea groups is 1. The Labute approximate surface area is 163 Å². The minimum absolute atomic E-state index is 0.0382. The second kappa shape index (κ2) is 9.64.